The molecule has 5 heteroatoms. The number of nitrogens with zero attached hydrogens (tertiary/aromatic N) is 1. The number of hydrogen-bond acceptors (Lipinski definition) is 4. The molecule has 1 unspecified atom stereocenters. The molecule has 0 fully saturated rings. The van der Waals surface area contributed by atoms with Crippen molar-refractivity contribution in [2.45, 2.75) is 24.1 Å². The third-order valence-corrected chi connectivity index (χ3v) is 2.70. The minimum Gasteiger partial charge on any atom is -0.389 e. The first-order chi connectivity index (χ1) is 6.14. The van der Waals surface area contributed by atoms with Crippen LogP contribution in [0.5, 0.6) is 0 Å². The van der Waals surface area contributed by atoms with Gasteiger partial charge in [-0.3, -0.25) is 0 Å². The van der Waals surface area contributed by atoms with Gasteiger partial charge in [0.1, 0.15) is 0 Å². The second-order valence-corrected chi connectivity index (χ2v) is 4.28. The zero-order valence-electron chi connectivity index (χ0n) is 7.66. The lowest BCUT2D eigenvalue weighted by Crippen LogP contribution is -2.34. The molecule has 0 amide bonds. The lowest BCUT2D eigenvalue weighted by molar-refractivity contribution is 0.0665. The fourth-order valence-corrected chi connectivity index (χ4v) is 1.82. The van der Waals surface area contributed by atoms with Gasteiger partial charge in [0.2, 0.25) is 0 Å². The van der Waals surface area contributed by atoms with Gasteiger partial charge in [0.25, 0.3) is 0 Å². The average molecular weight is 201 g/mol. The summed E-state index contributed by atoms with van der Waals surface area (Å²) in [7, 11) is 0. The molecule has 0 aliphatic rings. The van der Waals surface area contributed by atoms with Crippen LogP contribution >= 0.6 is 11.8 Å². The maximum Gasteiger partial charge on any atom is 0.165 e. The monoisotopic (exact) mass is 201 g/mol. The molecule has 1 atom stereocenters. The summed E-state index contributed by atoms with van der Waals surface area (Å²) < 4.78 is 0. The highest BCUT2D eigenvalue weighted by Gasteiger charge is 2.17. The van der Waals surface area contributed by atoms with Gasteiger partial charge in [-0.15, -0.1) is 0 Å². The number of aromatic nitrogens is 2. The molecule has 13 heavy (non-hydrogen) atoms. The molecular weight excluding hydrogens is 186 g/mol. The zero-order valence-corrected chi connectivity index (χ0v) is 8.47. The normalized spacial score (nSPS) is 15.6. The predicted octanol–water partition coefficient (Wildman–Crippen LogP) is 0.602. The van der Waals surface area contributed by atoms with Crippen LogP contribution < -0.4 is 5.73 Å². The van der Waals surface area contributed by atoms with Crippen LogP contribution in [-0.4, -0.2) is 33.0 Å². The first-order valence-corrected chi connectivity index (χ1v) is 5.17. The van der Waals surface area contributed by atoms with Crippen LogP contribution in [0.4, 0.5) is 0 Å². The third kappa shape index (κ3) is 3.80. The summed E-state index contributed by atoms with van der Waals surface area (Å²) in [6.07, 6.45) is 4.17. The highest BCUT2D eigenvalue weighted by atomic mass is 32.2. The highest BCUT2D eigenvalue weighted by Crippen LogP contribution is 2.17. The van der Waals surface area contributed by atoms with Crippen molar-refractivity contribution in [1.29, 1.82) is 0 Å². The van der Waals surface area contributed by atoms with Crippen LogP contribution in [-0.2, 0) is 0 Å². The van der Waals surface area contributed by atoms with Crippen molar-refractivity contribution in [3.8, 4) is 0 Å². The van der Waals surface area contributed by atoms with Crippen molar-refractivity contribution >= 4 is 11.8 Å². The molecule has 0 saturated carbocycles. The van der Waals surface area contributed by atoms with E-state index in [1.54, 1.807) is 31.1 Å². The number of nitrogens with one attached hydrogen (secondary N) is 1. The minimum atomic E-state index is -0.750. The van der Waals surface area contributed by atoms with Crippen LogP contribution in [0.2, 0.25) is 0 Å². The van der Waals surface area contributed by atoms with E-state index in [1.807, 2.05) is 0 Å². The Bertz CT molecular complexity index is 236. The van der Waals surface area contributed by atoms with Gasteiger partial charge >= 0.3 is 0 Å². The summed E-state index contributed by atoms with van der Waals surface area (Å²) in [5, 5.41) is 10.5. The van der Waals surface area contributed by atoms with Crippen molar-refractivity contribution in [2.75, 3.05) is 12.3 Å². The van der Waals surface area contributed by atoms with E-state index in [9.17, 15) is 5.11 Å². The standard InChI is InChI=1S/C8H15N3OS/c1-8(12,6-9)2-5-13-7-10-3-4-11-7/h3-4,12H,2,5-6,9H2,1H3,(H,10,11). The summed E-state index contributed by atoms with van der Waals surface area (Å²) in [6.45, 7) is 2.04. The van der Waals surface area contributed by atoms with Crippen LogP contribution in [0, 0.1) is 0 Å². The molecule has 4 N–H and O–H groups in total. The smallest absolute Gasteiger partial charge is 0.165 e. The summed E-state index contributed by atoms with van der Waals surface area (Å²) in [5.74, 6) is 0.817. The fraction of sp³-hybridized carbons (Fsp3) is 0.625. The summed E-state index contributed by atoms with van der Waals surface area (Å²) in [5.41, 5.74) is 4.63. The molecule has 0 bridgehead atoms. The summed E-state index contributed by atoms with van der Waals surface area (Å²) >= 11 is 1.59. The number of aromatic amines is 1. The van der Waals surface area contributed by atoms with E-state index in [0.717, 1.165) is 10.9 Å². The number of hydrogen-bond donors (Lipinski definition) is 3. The zero-order chi connectivity index (χ0) is 9.73. The molecule has 0 saturated heterocycles. The first kappa shape index (κ1) is 10.6. The third-order valence-electron chi connectivity index (χ3n) is 1.79. The number of nitrogens with two attached hydrogens (primary N) is 1. The van der Waals surface area contributed by atoms with Gasteiger partial charge in [0, 0.05) is 24.7 Å². The van der Waals surface area contributed by atoms with Crippen molar-refractivity contribution < 1.29 is 5.11 Å². The van der Waals surface area contributed by atoms with Gasteiger partial charge in [-0.25, -0.2) is 4.98 Å². The van der Waals surface area contributed by atoms with Crippen molar-refractivity contribution in [3.63, 3.8) is 0 Å². The number of rotatable bonds is 5. The molecule has 0 aliphatic carbocycles. The van der Waals surface area contributed by atoms with Gasteiger partial charge in [-0.05, 0) is 13.3 Å². The molecule has 0 radical (unpaired) electrons. The van der Waals surface area contributed by atoms with Crippen LogP contribution in [0.15, 0.2) is 17.6 Å². The highest BCUT2D eigenvalue weighted by molar-refractivity contribution is 7.99. The lowest BCUT2D eigenvalue weighted by atomic mass is 10.1. The summed E-state index contributed by atoms with van der Waals surface area (Å²) in [6, 6.07) is 0. The SMILES string of the molecule is CC(O)(CN)CCSc1ncc[nH]1. The first-order valence-electron chi connectivity index (χ1n) is 4.19. The van der Waals surface area contributed by atoms with E-state index in [2.05, 4.69) is 9.97 Å². The molecular formula is C8H15N3OS. The Kier molecular flexibility index (Phi) is 3.77. The van der Waals surface area contributed by atoms with Gasteiger partial charge in [-0.2, -0.15) is 0 Å². The maximum atomic E-state index is 9.58. The van der Waals surface area contributed by atoms with Crippen LogP contribution in [0.3, 0.4) is 0 Å². The van der Waals surface area contributed by atoms with E-state index in [0.29, 0.717) is 13.0 Å². The number of aliphatic hydroxyl groups is 1. The number of imidazole rings is 1. The molecule has 0 spiro atoms. The van der Waals surface area contributed by atoms with Gasteiger partial charge in [0.05, 0.1) is 5.60 Å². The van der Waals surface area contributed by atoms with E-state index in [4.69, 9.17) is 5.73 Å². The Hall–Kier alpha value is -0.520. The van der Waals surface area contributed by atoms with Crippen molar-refractivity contribution in [3.05, 3.63) is 12.4 Å². The van der Waals surface area contributed by atoms with Gasteiger partial charge in [0.15, 0.2) is 5.16 Å². The van der Waals surface area contributed by atoms with E-state index >= 15 is 0 Å². The van der Waals surface area contributed by atoms with Crippen molar-refractivity contribution in [1.82, 2.24) is 9.97 Å². The topological polar surface area (TPSA) is 74.9 Å². The molecule has 0 aliphatic heterocycles. The minimum absolute atomic E-state index is 0.297. The molecule has 0 aromatic carbocycles. The van der Waals surface area contributed by atoms with Crippen LogP contribution in [0.1, 0.15) is 13.3 Å². The Morgan fingerprint density at radius 1 is 1.77 bits per heavy atom. The molecule has 1 aromatic rings. The molecule has 1 rings (SSSR count). The van der Waals surface area contributed by atoms with E-state index in [1.165, 1.54) is 0 Å². The average Bonchev–Trinajstić information content (AvgIpc) is 2.57. The van der Waals surface area contributed by atoms with E-state index < -0.39 is 5.60 Å². The van der Waals surface area contributed by atoms with E-state index in [-0.39, 0.29) is 0 Å². The molecule has 1 aromatic heterocycles. The fourth-order valence-electron chi connectivity index (χ4n) is 0.799. The number of H-pyrrole nitrogens is 1. The Labute approximate surface area is 81.9 Å². The Balaban J connectivity index is 2.21. The second kappa shape index (κ2) is 4.64. The second-order valence-electron chi connectivity index (χ2n) is 3.19. The largest absolute Gasteiger partial charge is 0.389 e. The molecule has 1 heterocycles. The maximum absolute atomic E-state index is 9.58. The lowest BCUT2D eigenvalue weighted by Gasteiger charge is -2.19. The number of thioether (sulfide) groups is 1. The summed E-state index contributed by atoms with van der Waals surface area (Å²) in [4.78, 5) is 7.04. The van der Waals surface area contributed by atoms with Gasteiger partial charge in [-0.1, -0.05) is 11.8 Å². The van der Waals surface area contributed by atoms with Crippen LogP contribution in [0.25, 0.3) is 0 Å². The molecule has 74 valence electrons. The Morgan fingerprint density at radius 3 is 3.08 bits per heavy atom. The predicted molar refractivity (Wildman–Crippen MR) is 53.6 cm³/mol. The van der Waals surface area contributed by atoms with Gasteiger partial charge < -0.3 is 15.8 Å². The quantitative estimate of drug-likeness (QED) is 0.610. The van der Waals surface area contributed by atoms with Crippen molar-refractivity contribution in [2.24, 2.45) is 5.73 Å². The molecule has 4 nitrogen and oxygen atoms in total. The Morgan fingerprint density at radius 2 is 2.54 bits per heavy atom.